The fourth-order valence-corrected chi connectivity index (χ4v) is 3.51. The van der Waals surface area contributed by atoms with Crippen LogP contribution in [0.5, 0.6) is 0 Å². The molecule has 2 aromatic rings. The number of carbonyl (C=O) groups is 1. The van der Waals surface area contributed by atoms with Crippen LogP contribution >= 0.6 is 23.2 Å². The number of rotatable bonds is 4. The molecule has 1 fully saturated rings. The smallest absolute Gasteiger partial charge is 0.194 e. The Hall–Kier alpha value is -1.35. The van der Waals surface area contributed by atoms with Crippen molar-refractivity contribution in [2.45, 2.75) is 25.8 Å². The van der Waals surface area contributed by atoms with Gasteiger partial charge >= 0.3 is 0 Å². The maximum absolute atomic E-state index is 12.7. The molecule has 0 spiro atoms. The zero-order valence-electron chi connectivity index (χ0n) is 12.9. The quantitative estimate of drug-likeness (QED) is 0.707. The minimum atomic E-state index is -0.0628. The minimum absolute atomic E-state index is 0.0628. The number of benzene rings is 2. The summed E-state index contributed by atoms with van der Waals surface area (Å²) in [5.41, 5.74) is 2.33. The molecule has 1 saturated heterocycles. The largest absolute Gasteiger partial charge is 0.299 e. The summed E-state index contributed by atoms with van der Waals surface area (Å²) in [6.45, 7) is 3.18. The summed E-state index contributed by atoms with van der Waals surface area (Å²) >= 11 is 12.1. The maximum atomic E-state index is 12.7. The fraction of sp³-hybridized carbons (Fsp3) is 0.316. The summed E-state index contributed by atoms with van der Waals surface area (Å²) in [5, 5.41) is 0.925. The van der Waals surface area contributed by atoms with Crippen LogP contribution in [-0.4, -0.2) is 23.8 Å². The first-order valence-corrected chi connectivity index (χ1v) is 8.70. The Morgan fingerprint density at radius 2 is 1.78 bits per heavy atom. The molecule has 1 heterocycles. The summed E-state index contributed by atoms with van der Waals surface area (Å²) in [7, 11) is 0. The lowest BCUT2D eigenvalue weighted by Crippen LogP contribution is -2.29. The van der Waals surface area contributed by atoms with Crippen molar-refractivity contribution >= 4 is 29.0 Å². The molecule has 0 radical (unpaired) electrons. The Morgan fingerprint density at radius 3 is 2.52 bits per heavy atom. The highest BCUT2D eigenvalue weighted by Gasteiger charge is 2.15. The predicted octanol–water partition coefficient (Wildman–Crippen LogP) is 5.21. The number of hydrogen-bond acceptors (Lipinski definition) is 2. The first-order valence-electron chi connectivity index (χ1n) is 7.94. The van der Waals surface area contributed by atoms with Crippen molar-refractivity contribution in [3.63, 3.8) is 0 Å². The second-order valence-corrected chi connectivity index (χ2v) is 6.83. The third-order valence-corrected chi connectivity index (χ3v) is 4.77. The number of likely N-dealkylation sites (tertiary alicyclic amines) is 1. The Balaban J connectivity index is 1.79. The van der Waals surface area contributed by atoms with Gasteiger partial charge in [0.2, 0.25) is 0 Å². The average molecular weight is 348 g/mol. The monoisotopic (exact) mass is 347 g/mol. The summed E-state index contributed by atoms with van der Waals surface area (Å²) < 4.78 is 0. The van der Waals surface area contributed by atoms with Gasteiger partial charge in [-0.15, -0.1) is 0 Å². The Bertz CT molecular complexity index is 708. The van der Waals surface area contributed by atoms with Crippen molar-refractivity contribution in [3.05, 3.63) is 69.2 Å². The van der Waals surface area contributed by atoms with Gasteiger partial charge in [0.05, 0.1) is 5.02 Å². The number of hydrogen-bond donors (Lipinski definition) is 0. The molecular weight excluding hydrogens is 329 g/mol. The van der Waals surface area contributed by atoms with E-state index >= 15 is 0 Å². The van der Waals surface area contributed by atoms with Gasteiger partial charge in [-0.3, -0.25) is 9.69 Å². The van der Waals surface area contributed by atoms with Gasteiger partial charge in [-0.2, -0.15) is 0 Å². The molecule has 1 aliphatic rings. The van der Waals surface area contributed by atoms with Crippen LogP contribution in [0, 0.1) is 0 Å². The number of ketones is 1. The summed E-state index contributed by atoms with van der Waals surface area (Å²) in [6.07, 6.45) is 3.85. The van der Waals surface area contributed by atoms with Crippen molar-refractivity contribution in [1.82, 2.24) is 4.90 Å². The highest BCUT2D eigenvalue weighted by molar-refractivity contribution is 6.37. The number of nitrogens with zero attached hydrogens (tertiary/aromatic N) is 1. The van der Waals surface area contributed by atoms with E-state index in [9.17, 15) is 4.79 Å². The molecule has 0 amide bonds. The van der Waals surface area contributed by atoms with Crippen LogP contribution in [0.1, 0.15) is 40.7 Å². The first-order chi connectivity index (χ1) is 11.1. The molecule has 0 saturated carbocycles. The van der Waals surface area contributed by atoms with Crippen LogP contribution in [0.3, 0.4) is 0 Å². The molecule has 0 unspecified atom stereocenters. The molecule has 0 aliphatic carbocycles. The highest BCUT2D eigenvalue weighted by Crippen LogP contribution is 2.24. The molecule has 1 aliphatic heterocycles. The van der Waals surface area contributed by atoms with Crippen LogP contribution in [0.25, 0.3) is 0 Å². The van der Waals surface area contributed by atoms with E-state index in [4.69, 9.17) is 23.2 Å². The fourth-order valence-electron chi connectivity index (χ4n) is 3.02. The molecule has 4 heteroatoms. The second-order valence-electron chi connectivity index (χ2n) is 5.99. The summed E-state index contributed by atoms with van der Waals surface area (Å²) in [4.78, 5) is 15.1. The second kappa shape index (κ2) is 7.48. The van der Waals surface area contributed by atoms with E-state index in [2.05, 4.69) is 11.0 Å². The normalized spacial score (nSPS) is 15.6. The van der Waals surface area contributed by atoms with Crippen LogP contribution in [-0.2, 0) is 6.54 Å². The Morgan fingerprint density at radius 1 is 1.00 bits per heavy atom. The summed E-state index contributed by atoms with van der Waals surface area (Å²) in [5.74, 6) is -0.0628. The molecule has 120 valence electrons. The number of carbonyl (C=O) groups excluding carboxylic acids is 1. The molecule has 2 aromatic carbocycles. The van der Waals surface area contributed by atoms with Gasteiger partial charge in [0.1, 0.15) is 0 Å². The van der Waals surface area contributed by atoms with Crippen molar-refractivity contribution < 1.29 is 4.79 Å². The van der Waals surface area contributed by atoms with Gasteiger partial charge in [0.15, 0.2) is 5.78 Å². The topological polar surface area (TPSA) is 20.3 Å². The zero-order valence-corrected chi connectivity index (χ0v) is 14.4. The zero-order chi connectivity index (χ0) is 16.2. The average Bonchev–Trinajstić information content (AvgIpc) is 2.55. The minimum Gasteiger partial charge on any atom is -0.299 e. The lowest BCUT2D eigenvalue weighted by atomic mass is 10.0. The van der Waals surface area contributed by atoms with E-state index in [1.165, 1.54) is 24.8 Å². The van der Waals surface area contributed by atoms with E-state index in [1.54, 1.807) is 18.2 Å². The molecule has 0 bridgehead atoms. The van der Waals surface area contributed by atoms with E-state index in [1.807, 2.05) is 18.2 Å². The maximum Gasteiger partial charge on any atom is 0.194 e. The molecule has 0 N–H and O–H groups in total. The predicted molar refractivity (Wildman–Crippen MR) is 95.5 cm³/mol. The van der Waals surface area contributed by atoms with Gasteiger partial charge in [0.25, 0.3) is 0 Å². The van der Waals surface area contributed by atoms with E-state index in [0.717, 1.165) is 19.6 Å². The van der Waals surface area contributed by atoms with E-state index in [0.29, 0.717) is 21.2 Å². The van der Waals surface area contributed by atoms with Crippen molar-refractivity contribution in [2.24, 2.45) is 0 Å². The number of piperidine rings is 1. The molecule has 3 rings (SSSR count). The lowest BCUT2D eigenvalue weighted by Gasteiger charge is -2.26. The molecule has 0 atom stereocenters. The Labute approximate surface area is 147 Å². The van der Waals surface area contributed by atoms with Gasteiger partial charge in [-0.25, -0.2) is 0 Å². The molecule has 2 nitrogen and oxygen atoms in total. The van der Waals surface area contributed by atoms with E-state index in [-0.39, 0.29) is 5.78 Å². The molecule has 23 heavy (non-hydrogen) atoms. The van der Waals surface area contributed by atoms with Crippen LogP contribution in [0.2, 0.25) is 10.0 Å². The van der Waals surface area contributed by atoms with Crippen molar-refractivity contribution in [1.29, 1.82) is 0 Å². The van der Waals surface area contributed by atoms with Gasteiger partial charge < -0.3 is 0 Å². The van der Waals surface area contributed by atoms with Crippen molar-refractivity contribution in [3.8, 4) is 0 Å². The summed E-state index contributed by atoms with van der Waals surface area (Å²) in [6, 6.07) is 12.8. The third kappa shape index (κ3) is 4.14. The number of halogens is 2. The molecule has 0 aromatic heterocycles. The van der Waals surface area contributed by atoms with Crippen LogP contribution in [0.15, 0.2) is 42.5 Å². The Kier molecular flexibility index (Phi) is 5.37. The molecular formula is C19H19Cl2NO. The van der Waals surface area contributed by atoms with Crippen molar-refractivity contribution in [2.75, 3.05) is 13.1 Å². The third-order valence-electron chi connectivity index (χ3n) is 4.22. The lowest BCUT2D eigenvalue weighted by molar-refractivity contribution is 0.103. The van der Waals surface area contributed by atoms with Crippen LogP contribution in [0.4, 0.5) is 0 Å². The standard InChI is InChI=1S/C19H19Cl2NO/c20-16-7-8-17(18(21)12-16)19(23)15-6-4-5-14(11-15)13-22-9-2-1-3-10-22/h4-8,11-12H,1-3,9-10,13H2. The van der Waals surface area contributed by atoms with Gasteiger partial charge in [0, 0.05) is 22.7 Å². The highest BCUT2D eigenvalue weighted by atomic mass is 35.5. The SMILES string of the molecule is O=C(c1cccc(CN2CCCCC2)c1)c1ccc(Cl)cc1Cl. The van der Waals surface area contributed by atoms with Gasteiger partial charge in [-0.05, 0) is 55.8 Å². The van der Waals surface area contributed by atoms with Gasteiger partial charge in [-0.1, -0.05) is 47.8 Å². The van der Waals surface area contributed by atoms with E-state index < -0.39 is 0 Å². The van der Waals surface area contributed by atoms with Crippen LogP contribution < -0.4 is 0 Å². The first kappa shape index (κ1) is 16.5.